The van der Waals surface area contributed by atoms with Crippen LogP contribution in [-0.4, -0.2) is 0 Å². The van der Waals surface area contributed by atoms with Gasteiger partial charge in [0.05, 0.1) is 0 Å². The third-order valence-electron chi connectivity index (χ3n) is 1.35. The van der Waals surface area contributed by atoms with Gasteiger partial charge >= 0.3 is 0 Å². The lowest BCUT2D eigenvalue weighted by atomic mass is 10.2. The number of rotatable bonds is 5. The van der Waals surface area contributed by atoms with E-state index in [1.54, 1.807) is 16.2 Å². The van der Waals surface area contributed by atoms with E-state index in [4.69, 9.17) is 0 Å². The van der Waals surface area contributed by atoms with E-state index in [0.29, 0.717) is 0 Å². The van der Waals surface area contributed by atoms with Crippen molar-refractivity contribution in [2.45, 2.75) is 0 Å². The first kappa shape index (κ1) is 14.5. The first-order valence-electron chi connectivity index (χ1n) is 4.31. The Morgan fingerprint density at radius 3 is 1.67 bits per heavy atom. The van der Waals surface area contributed by atoms with Crippen molar-refractivity contribution in [2.24, 2.45) is 0 Å². The van der Waals surface area contributed by atoms with Gasteiger partial charge in [-0.2, -0.15) is 37.9 Å². The van der Waals surface area contributed by atoms with Gasteiger partial charge in [-0.1, -0.05) is 36.5 Å². The molecule has 3 heteroatoms. The molecule has 0 N–H and O–H groups in total. The maximum Gasteiger partial charge on any atom is -0.0247 e. The van der Waals surface area contributed by atoms with Gasteiger partial charge < -0.3 is 0 Å². The summed E-state index contributed by atoms with van der Waals surface area (Å²) >= 11 is 11.9. The molecule has 0 aromatic carbocycles. The minimum Gasteiger partial charge on any atom is -0.151 e. The van der Waals surface area contributed by atoms with Gasteiger partial charge in [-0.15, -0.1) is 0 Å². The molecule has 0 rings (SSSR count). The number of hydrogen-bond donors (Lipinski definition) is 3. The summed E-state index contributed by atoms with van der Waals surface area (Å²) in [6, 6.07) is 0. The van der Waals surface area contributed by atoms with Crippen molar-refractivity contribution < 1.29 is 0 Å². The van der Waals surface area contributed by atoms with Gasteiger partial charge in [-0.05, 0) is 33.9 Å². The quantitative estimate of drug-likeness (QED) is 0.471. The van der Waals surface area contributed by atoms with E-state index in [9.17, 15) is 0 Å². The molecule has 0 nitrogen and oxygen atoms in total. The largest absolute Gasteiger partial charge is 0.151 e. The summed E-state index contributed by atoms with van der Waals surface area (Å²) in [6.07, 6.45) is 15.3. The van der Waals surface area contributed by atoms with Gasteiger partial charge in [-0.25, -0.2) is 0 Å². The molecule has 0 radical (unpaired) electrons. The second kappa shape index (κ2) is 11.6. The second-order valence-electron chi connectivity index (χ2n) is 2.41. The normalized spacial score (nSPS) is 13.0. The van der Waals surface area contributed by atoms with Crippen molar-refractivity contribution in [2.75, 3.05) is 0 Å². The Hall–Kier alpha value is -0.510. The predicted octanol–water partition coefficient (Wildman–Crippen LogP) is 4.36. The topological polar surface area (TPSA) is 0 Å². The Balaban J connectivity index is 4.32. The van der Waals surface area contributed by atoms with E-state index in [0.717, 1.165) is 5.57 Å². The zero-order valence-electron chi connectivity index (χ0n) is 8.19. The summed E-state index contributed by atoms with van der Waals surface area (Å²) < 4.78 is 0. The van der Waals surface area contributed by atoms with Gasteiger partial charge in [-0.3, -0.25) is 0 Å². The lowest BCUT2D eigenvalue weighted by molar-refractivity contribution is 1.71. The van der Waals surface area contributed by atoms with E-state index < -0.39 is 0 Å². The Labute approximate surface area is 108 Å². The molecule has 0 bridgehead atoms. The van der Waals surface area contributed by atoms with Crippen LogP contribution in [-0.2, 0) is 0 Å². The molecular weight excluding hydrogens is 240 g/mol. The highest BCUT2D eigenvalue weighted by molar-refractivity contribution is 7.83. The van der Waals surface area contributed by atoms with Crippen molar-refractivity contribution in [1.29, 1.82) is 0 Å². The van der Waals surface area contributed by atoms with Gasteiger partial charge in [0.1, 0.15) is 0 Å². The van der Waals surface area contributed by atoms with E-state index in [-0.39, 0.29) is 0 Å². The lowest BCUT2D eigenvalue weighted by Crippen LogP contribution is -1.67. The zero-order valence-corrected chi connectivity index (χ0v) is 10.9. The average molecular weight is 254 g/mol. The smallest absolute Gasteiger partial charge is 0.0247 e. The van der Waals surface area contributed by atoms with Crippen molar-refractivity contribution in [3.05, 3.63) is 70.4 Å². The van der Waals surface area contributed by atoms with Crippen LogP contribution < -0.4 is 0 Å². The minimum absolute atomic E-state index is 1.04. The molecule has 0 heterocycles. The summed E-state index contributed by atoms with van der Waals surface area (Å²) in [4.78, 5) is 0. The van der Waals surface area contributed by atoms with Crippen molar-refractivity contribution >= 4 is 37.9 Å². The highest BCUT2D eigenvalue weighted by Gasteiger charge is 1.80. The predicted molar refractivity (Wildman–Crippen MR) is 80.7 cm³/mol. The third-order valence-corrected chi connectivity index (χ3v) is 1.82. The fraction of sp³-hybridized carbons (Fsp3) is 0. The highest BCUT2D eigenvalue weighted by atomic mass is 32.1. The summed E-state index contributed by atoms with van der Waals surface area (Å²) in [5.74, 6) is 0. The Morgan fingerprint density at radius 2 is 1.13 bits per heavy atom. The summed E-state index contributed by atoms with van der Waals surface area (Å²) in [7, 11) is 0. The van der Waals surface area contributed by atoms with Crippen LogP contribution in [0.4, 0.5) is 0 Å². The Morgan fingerprint density at radius 1 is 0.600 bits per heavy atom. The summed E-state index contributed by atoms with van der Waals surface area (Å²) in [5, 5.41) is 5.05. The van der Waals surface area contributed by atoms with E-state index in [1.165, 1.54) is 0 Å². The Bertz CT molecular complexity index is 304. The molecule has 15 heavy (non-hydrogen) atoms. The molecule has 0 saturated heterocycles. The maximum absolute atomic E-state index is 4.01. The number of thiol groups is 3. The number of hydrogen-bond acceptors (Lipinski definition) is 3. The average Bonchev–Trinajstić information content (AvgIpc) is 2.24. The maximum atomic E-state index is 4.01. The van der Waals surface area contributed by atoms with Crippen molar-refractivity contribution in [3.8, 4) is 0 Å². The molecular formula is C12H14S3. The van der Waals surface area contributed by atoms with Crippen LogP contribution in [0.3, 0.4) is 0 Å². The first-order valence-corrected chi connectivity index (χ1v) is 5.86. The molecule has 0 aliphatic rings. The molecule has 0 fully saturated rings. The standard InChI is InChI=1S/C12H14S3/c13-9-5-3-1-2-4-6-12(7-10-14)8-11-15/h1-11,13-15H/b3-1+,4-2+,9-5+,10-7+,11-8+. The van der Waals surface area contributed by atoms with Crippen LogP contribution in [0.1, 0.15) is 0 Å². The third kappa shape index (κ3) is 9.79. The molecule has 0 aromatic heterocycles. The fourth-order valence-electron chi connectivity index (χ4n) is 0.748. The van der Waals surface area contributed by atoms with Crippen LogP contribution in [0, 0.1) is 0 Å². The lowest BCUT2D eigenvalue weighted by Gasteiger charge is -1.88. The first-order chi connectivity index (χ1) is 7.35. The molecule has 0 aliphatic heterocycles. The summed E-state index contributed by atoms with van der Waals surface area (Å²) in [5.41, 5.74) is 1.04. The molecule has 0 amide bonds. The van der Waals surface area contributed by atoms with Crippen LogP contribution in [0.2, 0.25) is 0 Å². The van der Waals surface area contributed by atoms with Crippen LogP contribution in [0.15, 0.2) is 70.4 Å². The second-order valence-corrected chi connectivity index (χ2v) is 3.30. The van der Waals surface area contributed by atoms with E-state index >= 15 is 0 Å². The van der Waals surface area contributed by atoms with Gasteiger partial charge in [0.2, 0.25) is 0 Å². The van der Waals surface area contributed by atoms with Crippen LogP contribution in [0.25, 0.3) is 0 Å². The molecule has 0 aromatic rings. The van der Waals surface area contributed by atoms with Gasteiger partial charge in [0.15, 0.2) is 0 Å². The Kier molecular flexibility index (Phi) is 11.2. The van der Waals surface area contributed by atoms with E-state index in [1.807, 2.05) is 48.6 Å². The van der Waals surface area contributed by atoms with Crippen molar-refractivity contribution in [1.82, 2.24) is 0 Å². The van der Waals surface area contributed by atoms with Gasteiger partial charge in [0, 0.05) is 0 Å². The number of allylic oxidation sites excluding steroid dienone is 9. The van der Waals surface area contributed by atoms with Crippen LogP contribution in [0.5, 0.6) is 0 Å². The zero-order chi connectivity index (χ0) is 11.4. The molecule has 0 atom stereocenters. The molecule has 80 valence electrons. The van der Waals surface area contributed by atoms with Crippen LogP contribution >= 0.6 is 37.9 Å². The highest BCUT2D eigenvalue weighted by Crippen LogP contribution is 2.02. The monoisotopic (exact) mass is 254 g/mol. The molecule has 0 saturated carbocycles. The van der Waals surface area contributed by atoms with E-state index in [2.05, 4.69) is 37.9 Å². The SMILES string of the molecule is S/C=C/C=C/C=C/C=C(/C=C/S)/C=C/S. The molecule has 0 spiro atoms. The fourth-order valence-corrected chi connectivity index (χ4v) is 1.19. The minimum atomic E-state index is 1.04. The van der Waals surface area contributed by atoms with Gasteiger partial charge in [0.25, 0.3) is 0 Å². The molecule has 0 unspecified atom stereocenters. The summed E-state index contributed by atoms with van der Waals surface area (Å²) in [6.45, 7) is 0. The molecule has 0 aliphatic carbocycles. The van der Waals surface area contributed by atoms with Crippen molar-refractivity contribution in [3.63, 3.8) is 0 Å².